The molecule has 0 radical (unpaired) electrons. The maximum Gasteiger partial charge on any atom is 0.225 e. The largest absolute Gasteiger partial charge is 0.399 e. The Labute approximate surface area is 276 Å². The number of hydrogen-bond donors (Lipinski definition) is 2. The Bertz CT molecular complexity index is 1590. The van der Waals surface area contributed by atoms with Crippen molar-refractivity contribution in [1.29, 1.82) is 0 Å². The highest BCUT2D eigenvalue weighted by Gasteiger charge is 2.79. The second-order valence-corrected chi connectivity index (χ2v) is 16.0. The van der Waals surface area contributed by atoms with Crippen LogP contribution in [0.4, 0.5) is 10.1 Å². The van der Waals surface area contributed by atoms with Gasteiger partial charge in [0.05, 0.1) is 17.4 Å². The maximum absolute atomic E-state index is 17.6. The van der Waals surface area contributed by atoms with E-state index >= 15 is 4.39 Å². The van der Waals surface area contributed by atoms with Crippen molar-refractivity contribution in [3.63, 3.8) is 0 Å². The van der Waals surface area contributed by atoms with Crippen LogP contribution in [-0.2, 0) is 24.8 Å². The van der Waals surface area contributed by atoms with Crippen LogP contribution in [0.25, 0.3) is 0 Å². The third-order valence-corrected chi connectivity index (χ3v) is 13.5. The molecule has 0 aromatic heterocycles. The molecule has 4 fully saturated rings. The fourth-order valence-corrected chi connectivity index (χ4v) is 11.0. The summed E-state index contributed by atoms with van der Waals surface area (Å²) in [5, 5.41) is 11.6. The number of hydrogen-bond acceptors (Lipinski definition) is 8. The van der Waals surface area contributed by atoms with Gasteiger partial charge in [-0.05, 0) is 80.5 Å². The number of carbonyl (C=O) groups is 2. The van der Waals surface area contributed by atoms with Crippen molar-refractivity contribution in [3.05, 3.63) is 83.5 Å². The first kappa shape index (κ1) is 31.5. The minimum absolute atomic E-state index is 0.0256. The molecule has 2 aromatic carbocycles. The lowest BCUT2D eigenvalue weighted by Crippen LogP contribution is -2.69. The highest BCUT2D eigenvalue weighted by atomic mass is 35.5. The molecule has 7 rings (SSSR count). The summed E-state index contributed by atoms with van der Waals surface area (Å²) in [5.74, 6) is -0.212. The molecule has 0 unspecified atom stereocenters. The molecule has 0 spiro atoms. The maximum atomic E-state index is 17.6. The summed E-state index contributed by atoms with van der Waals surface area (Å²) < 4.78 is 31.0. The fourth-order valence-electron chi connectivity index (χ4n) is 9.11. The van der Waals surface area contributed by atoms with Crippen molar-refractivity contribution in [2.24, 2.45) is 22.7 Å². The average molecular weight is 670 g/mol. The number of ether oxygens (including phenoxy) is 2. The molecule has 5 aliphatic rings. The highest BCUT2D eigenvalue weighted by molar-refractivity contribution is 8.14. The standard InChI is InChI=1S/C35H37ClFNO5S2/c1-32-14-13-24(39)15-22(32)7-12-26-27-16-29-35(31(41)45-19-36,33(27,2)17-28(40)34(26,32)37)43-30(42-29)21-5-3-20(4-6-21)18-44-25-10-8-23(38)9-11-25/h3-6,8-11,13-15,26-30,40H,7,12,16-19,38H2,1-2H3/t26-,27-,28-,29+,30-,32-,33-,34-,35-/m0/s1. The number of thioether (sulfide) groups is 2. The van der Waals surface area contributed by atoms with E-state index in [9.17, 15) is 14.7 Å². The summed E-state index contributed by atoms with van der Waals surface area (Å²) in [6.07, 6.45) is 3.28. The van der Waals surface area contributed by atoms with Crippen molar-refractivity contribution >= 4 is 51.7 Å². The molecule has 4 aliphatic carbocycles. The zero-order valence-corrected chi connectivity index (χ0v) is 27.6. The molecule has 3 N–H and O–H groups in total. The van der Waals surface area contributed by atoms with E-state index in [-0.39, 0.29) is 28.4 Å². The third-order valence-electron chi connectivity index (χ3n) is 11.4. The lowest BCUT2D eigenvalue weighted by Gasteiger charge is -2.62. The number of aliphatic hydroxyl groups excluding tert-OH is 1. The van der Waals surface area contributed by atoms with Gasteiger partial charge in [-0.15, -0.1) is 23.4 Å². The second-order valence-electron chi connectivity index (χ2n) is 13.5. The summed E-state index contributed by atoms with van der Waals surface area (Å²) in [6, 6.07) is 15.8. The second kappa shape index (κ2) is 11.2. The Balaban J connectivity index is 1.17. The number of nitrogens with two attached hydrogens (primary N) is 1. The molecule has 10 heteroatoms. The van der Waals surface area contributed by atoms with Crippen LogP contribution in [-0.4, -0.2) is 44.7 Å². The molecular weight excluding hydrogens is 633 g/mol. The molecule has 9 atom stereocenters. The first-order chi connectivity index (χ1) is 21.5. The van der Waals surface area contributed by atoms with Gasteiger partial charge in [-0.25, -0.2) is 4.39 Å². The first-order valence-corrected chi connectivity index (χ1v) is 17.9. The monoisotopic (exact) mass is 669 g/mol. The van der Waals surface area contributed by atoms with Crippen LogP contribution in [0.3, 0.4) is 0 Å². The van der Waals surface area contributed by atoms with Crippen LogP contribution in [0.2, 0.25) is 0 Å². The van der Waals surface area contributed by atoms with Gasteiger partial charge in [0, 0.05) is 38.6 Å². The van der Waals surface area contributed by atoms with Gasteiger partial charge in [-0.3, -0.25) is 9.59 Å². The number of halogens is 2. The number of benzene rings is 2. The number of carbonyl (C=O) groups excluding carboxylic acids is 2. The molecule has 1 heterocycles. The average Bonchev–Trinajstić information content (AvgIpc) is 3.52. The molecule has 0 bridgehead atoms. The number of alkyl halides is 2. The van der Waals surface area contributed by atoms with E-state index < -0.39 is 46.5 Å². The lowest BCUT2D eigenvalue weighted by molar-refractivity contribution is -0.228. The number of anilines is 1. The van der Waals surface area contributed by atoms with E-state index in [1.54, 1.807) is 24.8 Å². The molecule has 238 valence electrons. The Kier molecular flexibility index (Phi) is 7.86. The van der Waals surface area contributed by atoms with Crippen molar-refractivity contribution in [1.82, 2.24) is 0 Å². The number of aliphatic hydroxyl groups is 1. The number of ketones is 1. The van der Waals surface area contributed by atoms with Crippen LogP contribution in [0, 0.1) is 22.7 Å². The number of rotatable bonds is 6. The van der Waals surface area contributed by atoms with E-state index in [2.05, 4.69) is 0 Å². The highest BCUT2D eigenvalue weighted by Crippen LogP contribution is 2.72. The molecular formula is C35H37ClFNO5S2. The summed E-state index contributed by atoms with van der Waals surface area (Å²) in [6.45, 7) is 3.76. The SMILES string of the molecule is C[C@]12C=CC(=O)C=C1CC[C@H]1[C@@H]3C[C@H]4O[C@H](c5ccc(CSc6ccc(N)cc6)cc5)O[C@@]4(C(=O)SCCl)[C@@]3(C)C[C@H](O)[C@@]12F. The Hall–Kier alpha value is -2.14. The molecule has 45 heavy (non-hydrogen) atoms. The van der Waals surface area contributed by atoms with Gasteiger partial charge in [0.15, 0.2) is 23.3 Å². The smallest absolute Gasteiger partial charge is 0.225 e. The number of allylic oxidation sites excluding steroid dienone is 4. The molecule has 3 saturated carbocycles. The quantitative estimate of drug-likeness (QED) is 0.190. The van der Waals surface area contributed by atoms with Crippen LogP contribution < -0.4 is 5.73 Å². The van der Waals surface area contributed by atoms with Gasteiger partial charge in [0.1, 0.15) is 0 Å². The van der Waals surface area contributed by atoms with Gasteiger partial charge in [-0.2, -0.15) is 0 Å². The van der Waals surface area contributed by atoms with Crippen LogP contribution in [0.5, 0.6) is 0 Å². The molecule has 6 nitrogen and oxygen atoms in total. The van der Waals surface area contributed by atoms with Crippen molar-refractivity contribution in [3.8, 4) is 0 Å². The van der Waals surface area contributed by atoms with Crippen LogP contribution in [0.15, 0.2) is 77.2 Å². The zero-order chi connectivity index (χ0) is 31.8. The topological polar surface area (TPSA) is 98.9 Å². The van der Waals surface area contributed by atoms with E-state index in [4.69, 9.17) is 26.8 Å². The molecule has 0 amide bonds. The van der Waals surface area contributed by atoms with Gasteiger partial charge in [0.2, 0.25) is 5.12 Å². The predicted molar refractivity (Wildman–Crippen MR) is 175 cm³/mol. The van der Waals surface area contributed by atoms with Crippen molar-refractivity contribution in [2.75, 3.05) is 10.9 Å². The fraction of sp³-hybridized carbons (Fsp3) is 0.486. The van der Waals surface area contributed by atoms with E-state index in [0.717, 1.165) is 44.8 Å². The van der Waals surface area contributed by atoms with E-state index in [1.807, 2.05) is 55.5 Å². The van der Waals surface area contributed by atoms with E-state index in [0.29, 0.717) is 19.3 Å². The summed E-state index contributed by atoms with van der Waals surface area (Å²) in [4.78, 5) is 27.4. The summed E-state index contributed by atoms with van der Waals surface area (Å²) >= 11 is 8.78. The molecule has 1 aliphatic heterocycles. The Morgan fingerprint density at radius 2 is 1.87 bits per heavy atom. The van der Waals surface area contributed by atoms with Crippen LogP contribution >= 0.6 is 35.1 Å². The third kappa shape index (κ3) is 4.55. The zero-order valence-electron chi connectivity index (χ0n) is 25.2. The Morgan fingerprint density at radius 1 is 1.13 bits per heavy atom. The number of fused-ring (bicyclic) bond motifs is 7. The van der Waals surface area contributed by atoms with Gasteiger partial charge in [-0.1, -0.05) is 54.6 Å². The van der Waals surface area contributed by atoms with Crippen molar-refractivity contribution in [2.45, 2.75) is 79.9 Å². The normalized spacial score (nSPS) is 39.9. The minimum Gasteiger partial charge on any atom is -0.399 e. The number of nitrogen functional groups attached to an aromatic ring is 1. The van der Waals surface area contributed by atoms with Gasteiger partial charge in [0.25, 0.3) is 0 Å². The van der Waals surface area contributed by atoms with E-state index in [1.165, 1.54) is 12.2 Å². The summed E-state index contributed by atoms with van der Waals surface area (Å²) in [7, 11) is 0. The summed E-state index contributed by atoms with van der Waals surface area (Å²) in [5.41, 5.74) is 3.77. The predicted octanol–water partition coefficient (Wildman–Crippen LogP) is 7.15. The van der Waals surface area contributed by atoms with Gasteiger partial charge >= 0.3 is 0 Å². The van der Waals surface area contributed by atoms with Crippen molar-refractivity contribution < 1.29 is 28.6 Å². The lowest BCUT2D eigenvalue weighted by atomic mass is 9.45. The first-order valence-electron chi connectivity index (χ1n) is 15.4. The van der Waals surface area contributed by atoms with Gasteiger partial charge < -0.3 is 20.3 Å². The molecule has 2 aromatic rings. The minimum atomic E-state index is -2.00. The van der Waals surface area contributed by atoms with Crippen LogP contribution in [0.1, 0.15) is 56.9 Å². The Morgan fingerprint density at radius 3 is 2.58 bits per heavy atom. The molecule has 1 saturated heterocycles.